The van der Waals surface area contributed by atoms with E-state index in [1.807, 2.05) is 31.2 Å². The predicted molar refractivity (Wildman–Crippen MR) is 84.1 cm³/mol. The Kier molecular flexibility index (Phi) is 7.63. The lowest BCUT2D eigenvalue weighted by molar-refractivity contribution is 0.105. The molecule has 0 saturated carbocycles. The number of rotatable bonds is 9. The maximum absolute atomic E-state index is 10.6. The molecule has 0 spiro atoms. The summed E-state index contributed by atoms with van der Waals surface area (Å²) in [5.74, 6) is 1.23. The maximum atomic E-state index is 10.6. The van der Waals surface area contributed by atoms with Crippen molar-refractivity contribution in [1.29, 1.82) is 0 Å². The number of hydrogen-bond donors (Lipinski definition) is 2. The van der Waals surface area contributed by atoms with Crippen molar-refractivity contribution in [2.75, 3.05) is 13.2 Å². The van der Waals surface area contributed by atoms with Crippen molar-refractivity contribution in [2.24, 2.45) is 5.92 Å². The van der Waals surface area contributed by atoms with Gasteiger partial charge in [0.25, 0.3) is 0 Å². The second-order valence-electron chi connectivity index (χ2n) is 5.52. The Hall–Kier alpha value is -1.06. The van der Waals surface area contributed by atoms with Gasteiger partial charge in [0.15, 0.2) is 0 Å². The zero-order chi connectivity index (χ0) is 15.0. The monoisotopic (exact) mass is 279 g/mol. The van der Waals surface area contributed by atoms with Gasteiger partial charge in [-0.15, -0.1) is 0 Å². The Balaban J connectivity index is 2.69. The largest absolute Gasteiger partial charge is 0.494 e. The van der Waals surface area contributed by atoms with Crippen LogP contribution in [0, 0.1) is 5.92 Å². The molecule has 2 atom stereocenters. The second-order valence-corrected chi connectivity index (χ2v) is 5.52. The fourth-order valence-corrected chi connectivity index (χ4v) is 2.29. The molecule has 3 heteroatoms. The van der Waals surface area contributed by atoms with Crippen molar-refractivity contribution in [2.45, 2.75) is 52.7 Å². The number of ether oxygens (including phenoxy) is 1. The van der Waals surface area contributed by atoms with Crippen LogP contribution in [0.25, 0.3) is 0 Å². The summed E-state index contributed by atoms with van der Waals surface area (Å²) in [5.41, 5.74) is 0.941. The third-order valence-electron chi connectivity index (χ3n) is 3.50. The highest BCUT2D eigenvalue weighted by Gasteiger charge is 2.23. The van der Waals surface area contributed by atoms with Gasteiger partial charge in [0.2, 0.25) is 0 Å². The van der Waals surface area contributed by atoms with Gasteiger partial charge in [-0.1, -0.05) is 39.3 Å². The summed E-state index contributed by atoms with van der Waals surface area (Å²) in [5, 5.41) is 14.0. The zero-order valence-electron chi connectivity index (χ0n) is 13.2. The van der Waals surface area contributed by atoms with Crippen molar-refractivity contribution in [3.8, 4) is 5.75 Å². The van der Waals surface area contributed by atoms with Crippen molar-refractivity contribution in [3.63, 3.8) is 0 Å². The van der Waals surface area contributed by atoms with Gasteiger partial charge in [-0.05, 0) is 43.5 Å². The second kappa shape index (κ2) is 8.98. The lowest BCUT2D eigenvalue weighted by Gasteiger charge is -2.28. The summed E-state index contributed by atoms with van der Waals surface area (Å²) in [4.78, 5) is 0. The van der Waals surface area contributed by atoms with E-state index in [0.717, 1.165) is 30.7 Å². The number of benzene rings is 1. The SMILES string of the molecule is CCCCNC(C(C)C)C(O)c1ccc(OCC)cc1. The summed E-state index contributed by atoms with van der Waals surface area (Å²) in [6, 6.07) is 7.83. The number of aliphatic hydroxyl groups is 1. The van der Waals surface area contributed by atoms with Gasteiger partial charge in [0.05, 0.1) is 12.7 Å². The van der Waals surface area contributed by atoms with E-state index in [2.05, 4.69) is 26.1 Å². The number of hydrogen-bond acceptors (Lipinski definition) is 3. The summed E-state index contributed by atoms with van der Waals surface area (Å²) in [6.07, 6.45) is 1.82. The highest BCUT2D eigenvalue weighted by molar-refractivity contribution is 5.29. The average Bonchev–Trinajstić information content (AvgIpc) is 2.44. The normalized spacial score (nSPS) is 14.3. The van der Waals surface area contributed by atoms with Gasteiger partial charge in [-0.2, -0.15) is 0 Å². The zero-order valence-corrected chi connectivity index (χ0v) is 13.2. The molecule has 0 fully saturated rings. The molecule has 1 aromatic rings. The van der Waals surface area contributed by atoms with Gasteiger partial charge >= 0.3 is 0 Å². The van der Waals surface area contributed by atoms with E-state index >= 15 is 0 Å². The van der Waals surface area contributed by atoms with Gasteiger partial charge in [0.1, 0.15) is 5.75 Å². The summed E-state index contributed by atoms with van der Waals surface area (Å²) in [7, 11) is 0. The minimum atomic E-state index is -0.484. The summed E-state index contributed by atoms with van der Waals surface area (Å²) in [6.45, 7) is 10.0. The molecule has 0 saturated heterocycles. The molecule has 114 valence electrons. The number of aliphatic hydroxyl groups excluding tert-OH is 1. The van der Waals surface area contributed by atoms with Crippen LogP contribution in [-0.4, -0.2) is 24.3 Å². The van der Waals surface area contributed by atoms with Crippen LogP contribution in [0.3, 0.4) is 0 Å². The molecule has 2 N–H and O–H groups in total. The molecule has 0 aromatic heterocycles. The molecule has 1 rings (SSSR count). The molecule has 0 aliphatic rings. The number of unbranched alkanes of at least 4 members (excludes halogenated alkanes) is 1. The quantitative estimate of drug-likeness (QED) is 0.679. The fourth-order valence-electron chi connectivity index (χ4n) is 2.29. The third-order valence-corrected chi connectivity index (χ3v) is 3.50. The highest BCUT2D eigenvalue weighted by Crippen LogP contribution is 2.24. The fraction of sp³-hybridized carbons (Fsp3) is 0.647. The van der Waals surface area contributed by atoms with Gasteiger partial charge in [-0.25, -0.2) is 0 Å². The molecule has 2 unspecified atom stereocenters. The van der Waals surface area contributed by atoms with Crippen molar-refractivity contribution < 1.29 is 9.84 Å². The first kappa shape index (κ1) is 17.0. The first-order valence-corrected chi connectivity index (χ1v) is 7.74. The van der Waals surface area contributed by atoms with Crippen LogP contribution in [0.5, 0.6) is 5.75 Å². The Morgan fingerprint density at radius 1 is 1.15 bits per heavy atom. The van der Waals surface area contributed by atoms with Crippen molar-refractivity contribution in [3.05, 3.63) is 29.8 Å². The predicted octanol–water partition coefficient (Wildman–Crippen LogP) is 3.53. The van der Waals surface area contributed by atoms with Crippen LogP contribution >= 0.6 is 0 Å². The van der Waals surface area contributed by atoms with Crippen LogP contribution < -0.4 is 10.1 Å². The molecule has 0 amide bonds. The van der Waals surface area contributed by atoms with E-state index in [-0.39, 0.29) is 6.04 Å². The van der Waals surface area contributed by atoms with Crippen LogP contribution in [0.4, 0.5) is 0 Å². The molecule has 20 heavy (non-hydrogen) atoms. The third kappa shape index (κ3) is 5.14. The van der Waals surface area contributed by atoms with E-state index in [4.69, 9.17) is 4.74 Å². The van der Waals surface area contributed by atoms with E-state index in [1.54, 1.807) is 0 Å². The van der Waals surface area contributed by atoms with Crippen molar-refractivity contribution in [1.82, 2.24) is 5.32 Å². The molecule has 1 aromatic carbocycles. The Bertz CT molecular complexity index is 362. The summed E-state index contributed by atoms with van der Waals surface area (Å²) >= 11 is 0. The van der Waals surface area contributed by atoms with E-state index in [1.165, 1.54) is 0 Å². The van der Waals surface area contributed by atoms with Crippen LogP contribution in [0.15, 0.2) is 24.3 Å². The van der Waals surface area contributed by atoms with Crippen LogP contribution in [0.2, 0.25) is 0 Å². The lowest BCUT2D eigenvalue weighted by atomic mass is 9.93. The molecule has 0 aliphatic heterocycles. The van der Waals surface area contributed by atoms with E-state index in [0.29, 0.717) is 12.5 Å². The minimum Gasteiger partial charge on any atom is -0.494 e. The topological polar surface area (TPSA) is 41.5 Å². The van der Waals surface area contributed by atoms with Crippen LogP contribution in [-0.2, 0) is 0 Å². The molecule has 3 nitrogen and oxygen atoms in total. The molecular formula is C17H29NO2. The minimum absolute atomic E-state index is 0.0829. The molecular weight excluding hydrogens is 250 g/mol. The van der Waals surface area contributed by atoms with Crippen LogP contribution in [0.1, 0.15) is 52.2 Å². The van der Waals surface area contributed by atoms with Gasteiger partial charge in [0, 0.05) is 6.04 Å². The average molecular weight is 279 g/mol. The Morgan fingerprint density at radius 3 is 2.30 bits per heavy atom. The van der Waals surface area contributed by atoms with Gasteiger partial charge in [-0.3, -0.25) is 0 Å². The smallest absolute Gasteiger partial charge is 0.119 e. The standard InChI is InChI=1S/C17H29NO2/c1-5-7-12-18-16(13(3)4)17(19)14-8-10-15(11-9-14)20-6-2/h8-11,13,16-19H,5-7,12H2,1-4H3. The van der Waals surface area contributed by atoms with E-state index < -0.39 is 6.10 Å². The molecule has 0 aliphatic carbocycles. The highest BCUT2D eigenvalue weighted by atomic mass is 16.5. The van der Waals surface area contributed by atoms with Crippen molar-refractivity contribution >= 4 is 0 Å². The lowest BCUT2D eigenvalue weighted by Crippen LogP contribution is -2.39. The van der Waals surface area contributed by atoms with Gasteiger partial charge < -0.3 is 15.2 Å². The first-order valence-electron chi connectivity index (χ1n) is 7.74. The Morgan fingerprint density at radius 2 is 1.80 bits per heavy atom. The molecule has 0 bridgehead atoms. The number of nitrogens with one attached hydrogen (secondary N) is 1. The summed E-state index contributed by atoms with van der Waals surface area (Å²) < 4.78 is 5.43. The molecule has 0 heterocycles. The maximum Gasteiger partial charge on any atom is 0.119 e. The van der Waals surface area contributed by atoms with E-state index in [9.17, 15) is 5.11 Å². The Labute approximate surface area is 123 Å². The molecule has 0 radical (unpaired) electrons. The first-order chi connectivity index (χ1) is 9.60.